The zero-order chi connectivity index (χ0) is 14.9. The summed E-state index contributed by atoms with van der Waals surface area (Å²) >= 11 is 0. The van der Waals surface area contributed by atoms with Gasteiger partial charge in [0.25, 0.3) is 0 Å². The molecule has 0 aliphatic heterocycles. The molecule has 0 atom stereocenters. The maximum Gasteiger partial charge on any atom is 0.0786 e. The Morgan fingerprint density at radius 1 is 0.950 bits per heavy atom. The fraction of sp³-hybridized carbons (Fsp3) is 0.353. The topological polar surface area (TPSA) is 28.2 Å². The number of nitrogens with zero attached hydrogens (tertiary/aromatic N) is 2. The number of aryl methyl sites for hydroxylation is 4. The predicted molar refractivity (Wildman–Crippen MR) is 87.2 cm³/mol. The highest BCUT2D eigenvalue weighted by Gasteiger charge is 2.09. The molecule has 0 radical (unpaired) electrons. The Balaban J connectivity index is 2.47. The predicted octanol–water partition coefficient (Wildman–Crippen LogP) is 4.12. The summed E-state index contributed by atoms with van der Waals surface area (Å²) in [4.78, 5) is 6.46. The van der Waals surface area contributed by atoms with Crippen LogP contribution in [0.1, 0.15) is 22.4 Å². The number of hydrogen-bond acceptors (Lipinski definition) is 3. The van der Waals surface area contributed by atoms with E-state index in [-0.39, 0.29) is 0 Å². The van der Waals surface area contributed by atoms with Crippen LogP contribution in [0, 0.1) is 27.7 Å². The molecule has 2 rings (SSSR count). The smallest absolute Gasteiger partial charge is 0.0786 e. The first kappa shape index (κ1) is 14.4. The van der Waals surface area contributed by atoms with Gasteiger partial charge in [-0.05, 0) is 44.9 Å². The molecular formula is C17H23N3. The highest BCUT2D eigenvalue weighted by atomic mass is 15.1. The number of aromatic nitrogens is 1. The van der Waals surface area contributed by atoms with Crippen molar-refractivity contribution >= 4 is 17.1 Å². The molecule has 0 amide bonds. The molecule has 0 fully saturated rings. The zero-order valence-electron chi connectivity index (χ0n) is 13.2. The first-order chi connectivity index (χ1) is 9.38. The average molecular weight is 269 g/mol. The van der Waals surface area contributed by atoms with Gasteiger partial charge in [-0.3, -0.25) is 4.98 Å². The van der Waals surface area contributed by atoms with Crippen LogP contribution in [0.3, 0.4) is 0 Å². The first-order valence-corrected chi connectivity index (χ1v) is 6.87. The lowest BCUT2D eigenvalue weighted by molar-refractivity contribution is 1.09. The van der Waals surface area contributed by atoms with E-state index in [0.717, 1.165) is 17.1 Å². The lowest BCUT2D eigenvalue weighted by Gasteiger charge is -2.20. The van der Waals surface area contributed by atoms with Crippen LogP contribution in [-0.4, -0.2) is 19.1 Å². The van der Waals surface area contributed by atoms with E-state index in [1.54, 1.807) is 0 Å². The number of rotatable bonds is 3. The van der Waals surface area contributed by atoms with Crippen molar-refractivity contribution in [3.05, 3.63) is 46.8 Å². The second-order valence-corrected chi connectivity index (χ2v) is 5.64. The average Bonchev–Trinajstić information content (AvgIpc) is 2.33. The molecule has 0 spiro atoms. The summed E-state index contributed by atoms with van der Waals surface area (Å²) in [5.74, 6) is 0. The summed E-state index contributed by atoms with van der Waals surface area (Å²) in [6.45, 7) is 8.43. The number of pyridine rings is 1. The van der Waals surface area contributed by atoms with Gasteiger partial charge in [-0.15, -0.1) is 0 Å². The minimum Gasteiger partial charge on any atom is -0.375 e. The van der Waals surface area contributed by atoms with E-state index < -0.39 is 0 Å². The zero-order valence-corrected chi connectivity index (χ0v) is 13.2. The molecule has 0 aliphatic rings. The molecule has 20 heavy (non-hydrogen) atoms. The summed E-state index contributed by atoms with van der Waals surface area (Å²) in [5.41, 5.74) is 8.21. The normalized spacial score (nSPS) is 10.5. The summed E-state index contributed by atoms with van der Waals surface area (Å²) < 4.78 is 0. The highest BCUT2D eigenvalue weighted by molar-refractivity contribution is 5.77. The van der Waals surface area contributed by atoms with E-state index in [4.69, 9.17) is 0 Å². The van der Waals surface area contributed by atoms with Crippen LogP contribution in [0.15, 0.2) is 24.4 Å². The van der Waals surface area contributed by atoms with Gasteiger partial charge in [-0.25, -0.2) is 0 Å². The fourth-order valence-corrected chi connectivity index (χ4v) is 2.52. The molecule has 0 unspecified atom stereocenters. The molecule has 1 aromatic carbocycles. The van der Waals surface area contributed by atoms with Gasteiger partial charge in [0.2, 0.25) is 0 Å². The van der Waals surface area contributed by atoms with Gasteiger partial charge in [0, 0.05) is 25.5 Å². The van der Waals surface area contributed by atoms with Crippen LogP contribution < -0.4 is 10.2 Å². The molecule has 0 saturated carbocycles. The van der Waals surface area contributed by atoms with Gasteiger partial charge < -0.3 is 10.2 Å². The molecule has 1 heterocycles. The van der Waals surface area contributed by atoms with Crippen molar-refractivity contribution in [1.29, 1.82) is 0 Å². The van der Waals surface area contributed by atoms with E-state index in [0.29, 0.717) is 0 Å². The Hall–Kier alpha value is -2.03. The summed E-state index contributed by atoms with van der Waals surface area (Å²) in [7, 11) is 4.07. The third kappa shape index (κ3) is 2.93. The molecule has 0 aliphatic carbocycles. The van der Waals surface area contributed by atoms with Crippen LogP contribution in [0.5, 0.6) is 0 Å². The first-order valence-electron chi connectivity index (χ1n) is 6.87. The van der Waals surface area contributed by atoms with Gasteiger partial charge in [0.1, 0.15) is 0 Å². The number of benzene rings is 1. The minimum atomic E-state index is 1.01. The Labute approximate surface area is 121 Å². The Morgan fingerprint density at radius 3 is 2.10 bits per heavy atom. The Kier molecular flexibility index (Phi) is 3.98. The molecule has 0 saturated heterocycles. The Bertz CT molecular complexity index is 607. The van der Waals surface area contributed by atoms with Crippen molar-refractivity contribution in [3.63, 3.8) is 0 Å². The molecule has 2 aromatic rings. The van der Waals surface area contributed by atoms with Crippen LogP contribution >= 0.6 is 0 Å². The molecule has 0 bridgehead atoms. The maximum absolute atomic E-state index is 4.38. The molecule has 3 heteroatoms. The van der Waals surface area contributed by atoms with Gasteiger partial charge in [-0.1, -0.05) is 17.7 Å². The van der Waals surface area contributed by atoms with Crippen molar-refractivity contribution in [2.45, 2.75) is 27.7 Å². The van der Waals surface area contributed by atoms with E-state index in [1.165, 1.54) is 22.4 Å². The fourth-order valence-electron chi connectivity index (χ4n) is 2.52. The van der Waals surface area contributed by atoms with Gasteiger partial charge in [-0.2, -0.15) is 0 Å². The van der Waals surface area contributed by atoms with Crippen molar-refractivity contribution in [1.82, 2.24) is 4.98 Å². The molecule has 1 N–H and O–H groups in total. The molecule has 3 nitrogen and oxygen atoms in total. The van der Waals surface area contributed by atoms with Crippen LogP contribution in [0.2, 0.25) is 0 Å². The van der Waals surface area contributed by atoms with Gasteiger partial charge >= 0.3 is 0 Å². The standard InChI is InChI=1S/C17H23N3/c1-11-7-12(2)17(13(3)8-11)19-15-9-14(4)18-10-16(15)20(5)6/h7-10H,1-6H3,(H,18,19). The summed E-state index contributed by atoms with van der Waals surface area (Å²) in [6, 6.07) is 6.51. The van der Waals surface area contributed by atoms with E-state index >= 15 is 0 Å². The van der Waals surface area contributed by atoms with Crippen LogP contribution in [-0.2, 0) is 0 Å². The minimum absolute atomic E-state index is 1.01. The largest absolute Gasteiger partial charge is 0.375 e. The van der Waals surface area contributed by atoms with Crippen molar-refractivity contribution in [2.24, 2.45) is 0 Å². The van der Waals surface area contributed by atoms with Gasteiger partial charge in [0.15, 0.2) is 0 Å². The van der Waals surface area contributed by atoms with E-state index in [9.17, 15) is 0 Å². The van der Waals surface area contributed by atoms with Crippen LogP contribution in [0.4, 0.5) is 17.1 Å². The maximum atomic E-state index is 4.38. The monoisotopic (exact) mass is 269 g/mol. The lowest BCUT2D eigenvalue weighted by atomic mass is 10.0. The quantitative estimate of drug-likeness (QED) is 0.908. The second-order valence-electron chi connectivity index (χ2n) is 5.64. The summed E-state index contributed by atoms with van der Waals surface area (Å²) in [5, 5.41) is 3.58. The molecule has 106 valence electrons. The molecular weight excluding hydrogens is 246 g/mol. The van der Waals surface area contributed by atoms with Crippen molar-refractivity contribution in [3.8, 4) is 0 Å². The number of hydrogen-bond donors (Lipinski definition) is 1. The van der Waals surface area contributed by atoms with Crippen molar-refractivity contribution < 1.29 is 0 Å². The lowest BCUT2D eigenvalue weighted by Crippen LogP contribution is -2.12. The third-order valence-electron chi connectivity index (χ3n) is 3.44. The summed E-state index contributed by atoms with van der Waals surface area (Å²) in [6.07, 6.45) is 1.91. The van der Waals surface area contributed by atoms with Gasteiger partial charge in [0.05, 0.1) is 17.6 Å². The Morgan fingerprint density at radius 2 is 1.55 bits per heavy atom. The SMILES string of the molecule is Cc1cc(C)c(Nc2cc(C)ncc2N(C)C)c(C)c1. The third-order valence-corrected chi connectivity index (χ3v) is 3.44. The van der Waals surface area contributed by atoms with E-state index in [2.05, 4.69) is 54.2 Å². The highest BCUT2D eigenvalue weighted by Crippen LogP contribution is 2.31. The van der Waals surface area contributed by atoms with Crippen LogP contribution in [0.25, 0.3) is 0 Å². The molecule has 1 aromatic heterocycles. The number of anilines is 3. The van der Waals surface area contributed by atoms with E-state index in [1.807, 2.05) is 27.2 Å². The second kappa shape index (κ2) is 5.53. The van der Waals surface area contributed by atoms with Crippen molar-refractivity contribution in [2.75, 3.05) is 24.3 Å². The number of nitrogens with one attached hydrogen (secondary N) is 1.